The third kappa shape index (κ3) is 4.26. The maximum atomic E-state index is 12.7. The predicted molar refractivity (Wildman–Crippen MR) is 105 cm³/mol. The molecule has 0 aliphatic carbocycles. The van der Waals surface area contributed by atoms with Crippen molar-refractivity contribution in [3.8, 4) is 11.5 Å². The fourth-order valence-electron chi connectivity index (χ4n) is 3.63. The minimum atomic E-state index is -0.207. The van der Waals surface area contributed by atoms with Gasteiger partial charge in [0.25, 0.3) is 0 Å². The molecule has 0 radical (unpaired) electrons. The summed E-state index contributed by atoms with van der Waals surface area (Å²) in [7, 11) is 1.81. The van der Waals surface area contributed by atoms with Crippen LogP contribution in [0.15, 0.2) is 47.1 Å². The van der Waals surface area contributed by atoms with E-state index in [1.807, 2.05) is 30.3 Å². The van der Waals surface area contributed by atoms with Gasteiger partial charge < -0.3 is 13.9 Å². The summed E-state index contributed by atoms with van der Waals surface area (Å²) in [6, 6.07) is 9.53. The highest BCUT2D eigenvalue weighted by molar-refractivity contribution is 5.95. The van der Waals surface area contributed by atoms with E-state index in [1.54, 1.807) is 28.9 Å². The number of carbonyl (C=O) groups is 2. The van der Waals surface area contributed by atoms with Crippen LogP contribution >= 0.6 is 0 Å². The molecule has 0 saturated carbocycles. The van der Waals surface area contributed by atoms with Crippen LogP contribution < -0.4 is 0 Å². The lowest BCUT2D eigenvalue weighted by molar-refractivity contribution is -0.132. The summed E-state index contributed by atoms with van der Waals surface area (Å²) in [5.41, 5.74) is 0.851. The summed E-state index contributed by atoms with van der Waals surface area (Å²) in [5.74, 6) is 1.13. The summed E-state index contributed by atoms with van der Waals surface area (Å²) in [4.78, 5) is 31.3. The number of aryl methyl sites for hydroxylation is 2. The molecule has 4 rings (SSSR count). The Labute approximate surface area is 168 Å². The highest BCUT2D eigenvalue weighted by Gasteiger charge is 2.30. The zero-order chi connectivity index (χ0) is 20.2. The lowest BCUT2D eigenvalue weighted by Gasteiger charge is -2.31. The van der Waals surface area contributed by atoms with Crippen molar-refractivity contribution in [2.24, 2.45) is 13.0 Å². The molecule has 1 aliphatic rings. The standard InChI is InChI=1S/C21H23N5O3/c1-25-13-11-22-20(25)19(28)16-8-5-12-26(14-16)18(27)10-9-17-23-24-21(29-17)15-6-3-2-4-7-15/h2-4,6-7,11,13,16H,5,8-10,12,14H2,1H3/t16-/m1/s1. The van der Waals surface area contributed by atoms with E-state index in [-0.39, 0.29) is 24.0 Å². The minimum Gasteiger partial charge on any atom is -0.421 e. The van der Waals surface area contributed by atoms with E-state index in [4.69, 9.17) is 4.42 Å². The number of imidazole rings is 1. The van der Waals surface area contributed by atoms with Gasteiger partial charge in [0.1, 0.15) is 0 Å². The van der Waals surface area contributed by atoms with Crippen LogP contribution in [0.25, 0.3) is 11.5 Å². The maximum Gasteiger partial charge on any atom is 0.247 e. The first-order valence-electron chi connectivity index (χ1n) is 9.79. The van der Waals surface area contributed by atoms with Gasteiger partial charge in [-0.1, -0.05) is 18.2 Å². The van der Waals surface area contributed by atoms with Gasteiger partial charge in [-0.25, -0.2) is 4.98 Å². The average Bonchev–Trinajstić information content (AvgIpc) is 3.41. The second kappa shape index (κ2) is 8.38. The first kappa shape index (κ1) is 19.0. The number of piperidine rings is 1. The van der Waals surface area contributed by atoms with Crippen LogP contribution in [0.3, 0.4) is 0 Å². The van der Waals surface area contributed by atoms with Crippen LogP contribution in [0.1, 0.15) is 35.8 Å². The van der Waals surface area contributed by atoms with Gasteiger partial charge in [0.05, 0.1) is 0 Å². The first-order chi connectivity index (χ1) is 14.1. The topological polar surface area (TPSA) is 94.1 Å². The van der Waals surface area contributed by atoms with E-state index < -0.39 is 0 Å². The van der Waals surface area contributed by atoms with Crippen molar-refractivity contribution in [1.29, 1.82) is 0 Å². The summed E-state index contributed by atoms with van der Waals surface area (Å²) in [5, 5.41) is 8.10. The van der Waals surface area contributed by atoms with Gasteiger partial charge in [-0.2, -0.15) is 0 Å². The van der Waals surface area contributed by atoms with Crippen LogP contribution in [0.2, 0.25) is 0 Å². The lowest BCUT2D eigenvalue weighted by Crippen LogP contribution is -2.42. The largest absolute Gasteiger partial charge is 0.421 e. The zero-order valence-corrected chi connectivity index (χ0v) is 16.3. The molecule has 8 nitrogen and oxygen atoms in total. The van der Waals surface area contributed by atoms with Crippen molar-refractivity contribution in [2.45, 2.75) is 25.7 Å². The SMILES string of the molecule is Cn1ccnc1C(=O)[C@@H]1CCCN(C(=O)CCc2nnc(-c3ccccc3)o2)C1. The van der Waals surface area contributed by atoms with Crippen LogP contribution in [0.5, 0.6) is 0 Å². The molecule has 1 aromatic carbocycles. The number of ketones is 1. The van der Waals surface area contributed by atoms with Gasteiger partial charge in [0.2, 0.25) is 23.5 Å². The summed E-state index contributed by atoms with van der Waals surface area (Å²) >= 11 is 0. The molecule has 1 amide bonds. The molecular formula is C21H23N5O3. The Morgan fingerprint density at radius 1 is 1.21 bits per heavy atom. The minimum absolute atomic E-state index is 0.000552. The Kier molecular flexibility index (Phi) is 5.50. The normalized spacial score (nSPS) is 16.7. The van der Waals surface area contributed by atoms with Crippen molar-refractivity contribution >= 4 is 11.7 Å². The molecule has 3 aromatic rings. The molecule has 0 bridgehead atoms. The van der Waals surface area contributed by atoms with Crippen molar-refractivity contribution < 1.29 is 14.0 Å². The Morgan fingerprint density at radius 3 is 2.79 bits per heavy atom. The number of Topliss-reactive ketones (excluding diaryl/α,β-unsaturated/α-hetero) is 1. The van der Waals surface area contributed by atoms with E-state index in [2.05, 4.69) is 15.2 Å². The molecular weight excluding hydrogens is 370 g/mol. The van der Waals surface area contributed by atoms with Crippen molar-refractivity contribution in [3.63, 3.8) is 0 Å². The highest BCUT2D eigenvalue weighted by Crippen LogP contribution is 2.22. The molecule has 0 spiro atoms. The maximum absolute atomic E-state index is 12.7. The fraction of sp³-hybridized carbons (Fsp3) is 0.381. The quantitative estimate of drug-likeness (QED) is 0.598. The first-order valence-corrected chi connectivity index (χ1v) is 9.79. The number of aromatic nitrogens is 4. The third-order valence-electron chi connectivity index (χ3n) is 5.23. The van der Waals surface area contributed by atoms with Gasteiger partial charge >= 0.3 is 0 Å². The Morgan fingerprint density at radius 2 is 2.03 bits per heavy atom. The number of nitrogens with zero attached hydrogens (tertiary/aromatic N) is 5. The molecule has 1 atom stereocenters. The summed E-state index contributed by atoms with van der Waals surface area (Å²) < 4.78 is 7.40. The van der Waals surface area contributed by atoms with Gasteiger partial charge in [0.15, 0.2) is 5.82 Å². The number of benzene rings is 1. The highest BCUT2D eigenvalue weighted by atomic mass is 16.4. The molecule has 0 N–H and O–H groups in total. The molecule has 8 heteroatoms. The number of hydrogen-bond acceptors (Lipinski definition) is 6. The summed E-state index contributed by atoms with van der Waals surface area (Å²) in [6.07, 6.45) is 5.62. The Hall–Kier alpha value is -3.29. The van der Waals surface area contributed by atoms with Crippen LogP contribution in [-0.4, -0.2) is 49.4 Å². The van der Waals surface area contributed by atoms with Gasteiger partial charge in [-0.05, 0) is 25.0 Å². The number of carbonyl (C=O) groups excluding carboxylic acids is 2. The molecule has 1 saturated heterocycles. The molecule has 29 heavy (non-hydrogen) atoms. The van der Waals surface area contributed by atoms with Gasteiger partial charge in [-0.3, -0.25) is 9.59 Å². The van der Waals surface area contributed by atoms with Crippen molar-refractivity contribution in [2.75, 3.05) is 13.1 Å². The van der Waals surface area contributed by atoms with E-state index in [9.17, 15) is 9.59 Å². The van der Waals surface area contributed by atoms with Crippen LogP contribution in [0.4, 0.5) is 0 Å². The van der Waals surface area contributed by atoms with Gasteiger partial charge in [0, 0.05) is 56.9 Å². The zero-order valence-electron chi connectivity index (χ0n) is 16.3. The van der Waals surface area contributed by atoms with Crippen LogP contribution in [0, 0.1) is 5.92 Å². The number of likely N-dealkylation sites (tertiary alicyclic amines) is 1. The Balaban J connectivity index is 1.33. The second-order valence-electron chi connectivity index (χ2n) is 7.27. The number of amides is 1. The third-order valence-corrected chi connectivity index (χ3v) is 5.23. The van der Waals surface area contributed by atoms with Crippen molar-refractivity contribution in [3.05, 3.63) is 54.4 Å². The molecule has 3 heterocycles. The summed E-state index contributed by atoms with van der Waals surface area (Å²) in [6.45, 7) is 1.10. The number of hydrogen-bond donors (Lipinski definition) is 0. The fourth-order valence-corrected chi connectivity index (χ4v) is 3.63. The molecule has 1 fully saturated rings. The lowest BCUT2D eigenvalue weighted by atomic mass is 9.93. The molecule has 2 aromatic heterocycles. The van der Waals surface area contributed by atoms with E-state index >= 15 is 0 Å². The monoisotopic (exact) mass is 393 g/mol. The van der Waals surface area contributed by atoms with E-state index in [1.165, 1.54) is 0 Å². The second-order valence-corrected chi connectivity index (χ2v) is 7.27. The number of rotatable bonds is 6. The predicted octanol–water partition coefficient (Wildman–Crippen LogP) is 2.52. The van der Waals surface area contributed by atoms with E-state index in [0.717, 1.165) is 18.4 Å². The Bertz CT molecular complexity index is 995. The molecule has 150 valence electrons. The molecule has 1 aliphatic heterocycles. The molecule has 0 unspecified atom stereocenters. The smallest absolute Gasteiger partial charge is 0.247 e. The van der Waals surface area contributed by atoms with Crippen LogP contribution in [-0.2, 0) is 18.3 Å². The van der Waals surface area contributed by atoms with Gasteiger partial charge in [-0.15, -0.1) is 10.2 Å². The average molecular weight is 393 g/mol. The van der Waals surface area contributed by atoms with Crippen molar-refractivity contribution in [1.82, 2.24) is 24.6 Å². The van der Waals surface area contributed by atoms with E-state index in [0.29, 0.717) is 37.1 Å².